The number of carbonyl (C=O) groups excluding carboxylic acids is 3. The SMILES string of the molecule is C=CC(=O)OC(C)(C)CC(C)(C)Oc1ccc(C(=O)Oc2ccc(CCOC(=O)c3ccc(OC(C)(C)C)cc3)cc2/C=N/Nc2nc3ccccc3s2)cc1. The van der Waals surface area contributed by atoms with Crippen molar-refractivity contribution in [3.8, 4) is 17.2 Å². The van der Waals surface area contributed by atoms with Gasteiger partial charge in [-0.3, -0.25) is 5.43 Å². The lowest BCUT2D eigenvalue weighted by Crippen LogP contribution is -2.40. The van der Waals surface area contributed by atoms with Gasteiger partial charge in [-0.2, -0.15) is 5.10 Å². The smallest absolute Gasteiger partial charge is 0.343 e. The summed E-state index contributed by atoms with van der Waals surface area (Å²) in [6, 6.07) is 26.5. The Bertz CT molecular complexity index is 2170. The number of benzene rings is 4. The number of nitrogens with zero attached hydrogens (tertiary/aromatic N) is 2. The number of anilines is 1. The normalized spacial score (nSPS) is 11.9. The average Bonchev–Trinajstić information content (AvgIpc) is 3.54. The van der Waals surface area contributed by atoms with Gasteiger partial charge in [0.15, 0.2) is 0 Å². The van der Waals surface area contributed by atoms with Gasteiger partial charge in [-0.05, 0) is 127 Å². The van der Waals surface area contributed by atoms with E-state index in [0.29, 0.717) is 46.2 Å². The maximum atomic E-state index is 13.4. The summed E-state index contributed by atoms with van der Waals surface area (Å²) in [4.78, 5) is 42.5. The highest BCUT2D eigenvalue weighted by molar-refractivity contribution is 7.22. The highest BCUT2D eigenvalue weighted by atomic mass is 32.1. The van der Waals surface area contributed by atoms with E-state index in [1.165, 1.54) is 11.3 Å². The fraction of sp³-hybridized carbons (Fsp3) is 0.295. The molecule has 4 aromatic carbocycles. The van der Waals surface area contributed by atoms with E-state index in [0.717, 1.165) is 21.9 Å². The van der Waals surface area contributed by atoms with Crippen LogP contribution in [0.5, 0.6) is 17.2 Å². The van der Waals surface area contributed by atoms with Crippen molar-refractivity contribution >= 4 is 50.8 Å². The predicted molar refractivity (Wildman–Crippen MR) is 219 cm³/mol. The predicted octanol–water partition coefficient (Wildman–Crippen LogP) is 9.59. The lowest BCUT2D eigenvalue weighted by atomic mass is 9.92. The van der Waals surface area contributed by atoms with Crippen molar-refractivity contribution in [3.05, 3.63) is 126 Å². The summed E-state index contributed by atoms with van der Waals surface area (Å²) in [6.45, 7) is 16.8. The first-order valence-electron chi connectivity index (χ1n) is 18.1. The van der Waals surface area contributed by atoms with Crippen LogP contribution >= 0.6 is 11.3 Å². The second-order valence-electron chi connectivity index (χ2n) is 15.2. The van der Waals surface area contributed by atoms with Gasteiger partial charge in [0.1, 0.15) is 34.1 Å². The molecule has 1 heterocycles. The third kappa shape index (κ3) is 12.3. The van der Waals surface area contributed by atoms with Crippen LogP contribution in [0.15, 0.2) is 109 Å². The monoisotopic (exact) mass is 777 g/mol. The number of ether oxygens (including phenoxy) is 5. The van der Waals surface area contributed by atoms with Crippen molar-refractivity contribution in [1.29, 1.82) is 0 Å². The fourth-order valence-corrected chi connectivity index (χ4v) is 6.75. The van der Waals surface area contributed by atoms with E-state index >= 15 is 0 Å². The van der Waals surface area contributed by atoms with Crippen molar-refractivity contribution in [2.24, 2.45) is 5.10 Å². The number of nitrogens with one attached hydrogen (secondary N) is 1. The van der Waals surface area contributed by atoms with Crippen molar-refractivity contribution in [3.63, 3.8) is 0 Å². The summed E-state index contributed by atoms with van der Waals surface area (Å²) < 4.78 is 30.0. The van der Waals surface area contributed by atoms with Crippen LogP contribution in [-0.2, 0) is 20.7 Å². The van der Waals surface area contributed by atoms with Crippen LogP contribution < -0.4 is 19.6 Å². The molecule has 1 aromatic heterocycles. The largest absolute Gasteiger partial charge is 0.488 e. The molecular weight excluding hydrogens is 731 g/mol. The molecule has 0 saturated heterocycles. The van der Waals surface area contributed by atoms with Gasteiger partial charge in [0, 0.05) is 24.5 Å². The zero-order valence-corrected chi connectivity index (χ0v) is 33.5. The third-order valence-corrected chi connectivity index (χ3v) is 8.89. The van der Waals surface area contributed by atoms with Gasteiger partial charge in [0.2, 0.25) is 5.13 Å². The maximum Gasteiger partial charge on any atom is 0.343 e. The van der Waals surface area contributed by atoms with Crippen molar-refractivity contribution in [1.82, 2.24) is 4.98 Å². The summed E-state index contributed by atoms with van der Waals surface area (Å²) in [5, 5.41) is 5.00. The maximum absolute atomic E-state index is 13.4. The molecule has 11 nitrogen and oxygen atoms in total. The molecule has 292 valence electrons. The minimum Gasteiger partial charge on any atom is -0.488 e. The molecule has 0 unspecified atom stereocenters. The van der Waals surface area contributed by atoms with E-state index in [4.69, 9.17) is 23.7 Å². The Balaban J connectivity index is 1.26. The van der Waals surface area contributed by atoms with Crippen LogP contribution in [0, 0.1) is 0 Å². The van der Waals surface area contributed by atoms with Gasteiger partial charge in [-0.1, -0.05) is 36.1 Å². The van der Waals surface area contributed by atoms with Gasteiger partial charge in [0.25, 0.3) is 0 Å². The van der Waals surface area contributed by atoms with Crippen LogP contribution in [0.3, 0.4) is 0 Å². The van der Waals surface area contributed by atoms with Gasteiger partial charge in [-0.25, -0.2) is 19.4 Å². The molecule has 5 rings (SSSR count). The van der Waals surface area contributed by atoms with Crippen LogP contribution in [0.2, 0.25) is 0 Å². The zero-order valence-electron chi connectivity index (χ0n) is 32.7. The molecule has 1 N–H and O–H groups in total. The topological polar surface area (TPSA) is 135 Å². The Labute approximate surface area is 331 Å². The van der Waals surface area contributed by atoms with Gasteiger partial charge in [0.05, 0.1) is 34.2 Å². The number of hydrazone groups is 1. The van der Waals surface area contributed by atoms with Gasteiger partial charge >= 0.3 is 17.9 Å². The van der Waals surface area contributed by atoms with E-state index in [-0.39, 0.29) is 18.0 Å². The first-order valence-corrected chi connectivity index (χ1v) is 18.9. The minimum absolute atomic E-state index is 0.126. The van der Waals surface area contributed by atoms with Crippen LogP contribution in [-0.4, -0.2) is 52.5 Å². The second-order valence-corrected chi connectivity index (χ2v) is 16.2. The van der Waals surface area contributed by atoms with E-state index in [9.17, 15) is 14.4 Å². The molecule has 0 fully saturated rings. The molecule has 5 aromatic rings. The first kappa shape index (κ1) is 41.2. The minimum atomic E-state index is -0.793. The summed E-state index contributed by atoms with van der Waals surface area (Å²) in [7, 11) is 0. The lowest BCUT2D eigenvalue weighted by molar-refractivity contribution is -0.154. The van der Waals surface area contributed by atoms with Crippen LogP contribution in [0.25, 0.3) is 10.2 Å². The number of aromatic nitrogens is 1. The number of hydrogen-bond donors (Lipinski definition) is 1. The highest BCUT2D eigenvalue weighted by Gasteiger charge is 2.33. The number of hydrogen-bond acceptors (Lipinski definition) is 12. The molecule has 12 heteroatoms. The molecule has 0 spiro atoms. The Kier molecular flexibility index (Phi) is 13.0. The summed E-state index contributed by atoms with van der Waals surface area (Å²) >= 11 is 1.46. The number of para-hydroxylation sites is 1. The zero-order chi connectivity index (χ0) is 40.5. The van der Waals surface area contributed by atoms with Crippen LogP contribution in [0.1, 0.15) is 86.7 Å². The molecule has 0 aliphatic rings. The van der Waals surface area contributed by atoms with Crippen molar-refractivity contribution < 1.29 is 38.1 Å². The van der Waals surface area contributed by atoms with E-state index < -0.39 is 29.1 Å². The Morgan fingerprint density at radius 2 is 1.45 bits per heavy atom. The molecule has 0 amide bonds. The molecule has 0 aliphatic heterocycles. The molecular formula is C44H47N3O8S. The van der Waals surface area contributed by atoms with Crippen molar-refractivity contribution in [2.75, 3.05) is 12.0 Å². The standard InChI is InChI=1S/C44H47N3O8S/c1-9-38(48)55-44(7,8)28-43(5,6)54-34-21-17-31(18-22-34)40(50)52-36-23-14-29(24-25-51-39(49)30-15-19-33(20-16-30)53-42(2,3)4)26-32(36)27-45-47-41-46-35-12-10-11-13-37(35)56-41/h9-23,26-27H,1,24-25,28H2,2-8H3,(H,46,47)/b45-27+. The molecule has 0 aliphatic carbocycles. The summed E-state index contributed by atoms with van der Waals surface area (Å²) in [6.07, 6.45) is 3.49. The van der Waals surface area contributed by atoms with Gasteiger partial charge < -0.3 is 23.7 Å². The highest BCUT2D eigenvalue weighted by Crippen LogP contribution is 2.30. The van der Waals surface area contributed by atoms with Gasteiger partial charge in [-0.15, -0.1) is 0 Å². The summed E-state index contributed by atoms with van der Waals surface area (Å²) in [5.41, 5.74) is 4.06. The number of thiazole rings is 1. The Morgan fingerprint density at radius 3 is 2.09 bits per heavy atom. The second kappa shape index (κ2) is 17.6. The number of fused-ring (bicyclic) bond motifs is 1. The van der Waals surface area contributed by atoms with E-state index in [1.807, 2.05) is 65.0 Å². The van der Waals surface area contributed by atoms with E-state index in [1.54, 1.807) is 80.7 Å². The average molecular weight is 778 g/mol. The van der Waals surface area contributed by atoms with E-state index in [2.05, 4.69) is 22.1 Å². The third-order valence-electron chi connectivity index (χ3n) is 7.95. The number of carbonyl (C=O) groups is 3. The molecule has 0 bridgehead atoms. The van der Waals surface area contributed by atoms with Crippen molar-refractivity contribution in [2.45, 2.75) is 78.1 Å². The lowest BCUT2D eigenvalue weighted by Gasteiger charge is -2.34. The Hall–Kier alpha value is -6.01. The Morgan fingerprint density at radius 1 is 0.804 bits per heavy atom. The molecule has 0 radical (unpaired) electrons. The number of esters is 3. The molecule has 56 heavy (non-hydrogen) atoms. The quantitative estimate of drug-likeness (QED) is 0.0339. The van der Waals surface area contributed by atoms with Crippen LogP contribution in [0.4, 0.5) is 5.13 Å². The first-order chi connectivity index (χ1) is 26.5. The molecule has 0 atom stereocenters. The number of rotatable bonds is 16. The molecule has 0 saturated carbocycles. The summed E-state index contributed by atoms with van der Waals surface area (Å²) in [5.74, 6) is -0.0598. The fourth-order valence-electron chi connectivity index (χ4n) is 5.93.